The molecule has 0 aliphatic carbocycles. The number of nitrogens with zero attached hydrogens (tertiary/aromatic N) is 2. The van der Waals surface area contributed by atoms with Crippen molar-refractivity contribution in [2.24, 2.45) is 0 Å². The van der Waals surface area contributed by atoms with Crippen LogP contribution >= 0.6 is 0 Å². The van der Waals surface area contributed by atoms with Crippen molar-refractivity contribution in [2.45, 2.75) is 13.8 Å². The van der Waals surface area contributed by atoms with Gasteiger partial charge in [0.2, 0.25) is 0 Å². The summed E-state index contributed by atoms with van der Waals surface area (Å²) in [6.07, 6.45) is 0. The minimum absolute atomic E-state index is 0.0508. The van der Waals surface area contributed by atoms with Gasteiger partial charge in [-0.05, 0) is 0 Å². The van der Waals surface area contributed by atoms with Crippen molar-refractivity contribution in [1.82, 2.24) is 4.98 Å². The Morgan fingerprint density at radius 3 is 2.95 bits per heavy atom. The zero-order valence-corrected chi connectivity index (χ0v) is 12.7. The van der Waals surface area contributed by atoms with E-state index >= 15 is 0 Å². The third-order valence-corrected chi connectivity index (χ3v) is 5.09. The van der Waals surface area contributed by atoms with Gasteiger partial charge in [0, 0.05) is 0 Å². The van der Waals surface area contributed by atoms with Gasteiger partial charge in [0.05, 0.1) is 0 Å². The summed E-state index contributed by atoms with van der Waals surface area (Å²) >= 11 is -0.243. The first-order valence-corrected chi connectivity index (χ1v) is 7.63. The summed E-state index contributed by atoms with van der Waals surface area (Å²) in [5, 5.41) is 9.51. The summed E-state index contributed by atoms with van der Waals surface area (Å²) in [6.45, 7) is 10.9. The molecule has 0 amide bonds. The number of carbonyl (C=O) groups excluding carboxylic acids is 1. The molecule has 1 heterocycles. The van der Waals surface area contributed by atoms with Gasteiger partial charge in [0.1, 0.15) is 0 Å². The first-order chi connectivity index (χ1) is 9.56. The van der Waals surface area contributed by atoms with Gasteiger partial charge in [-0.3, -0.25) is 0 Å². The zero-order valence-electron chi connectivity index (χ0n) is 11.0. The van der Waals surface area contributed by atoms with Crippen LogP contribution in [0.1, 0.15) is 21.8 Å². The molecular weight excluding hydrogens is 323 g/mol. The molecule has 5 nitrogen and oxygen atoms in total. The number of esters is 1. The molecule has 1 N–H and O–H groups in total. The van der Waals surface area contributed by atoms with Crippen molar-refractivity contribution in [2.75, 3.05) is 6.61 Å². The molecule has 0 fully saturated rings. The molecule has 2 rings (SSSR count). The normalized spacial score (nSPS) is 10.1. The summed E-state index contributed by atoms with van der Waals surface area (Å²) < 4.78 is 6.37. The molecule has 0 radical (unpaired) electrons. The fourth-order valence-electron chi connectivity index (χ4n) is 1.65. The van der Waals surface area contributed by atoms with Crippen LogP contribution in [-0.2, 0) is 4.74 Å². The van der Waals surface area contributed by atoms with Crippen molar-refractivity contribution >= 4 is 26.2 Å². The SMILES string of the molecule is [C-]#[N+]c1cc(-c2nc(C)c(C(=O)OCC)[se]2)ccc1O. The first kappa shape index (κ1) is 14.3. The fraction of sp³-hybridized carbons (Fsp3) is 0.214. The van der Waals surface area contributed by atoms with Crippen LogP contribution in [0.15, 0.2) is 18.2 Å². The van der Waals surface area contributed by atoms with Crippen molar-refractivity contribution < 1.29 is 14.6 Å². The molecule has 0 atom stereocenters. The van der Waals surface area contributed by atoms with Gasteiger partial charge in [-0.2, -0.15) is 0 Å². The second-order valence-corrected chi connectivity index (χ2v) is 6.07. The molecule has 1 aromatic carbocycles. The van der Waals surface area contributed by atoms with Gasteiger partial charge in [-0.1, -0.05) is 0 Å². The summed E-state index contributed by atoms with van der Waals surface area (Å²) in [7, 11) is 0. The number of hydrogen-bond acceptors (Lipinski definition) is 4. The van der Waals surface area contributed by atoms with Gasteiger partial charge < -0.3 is 0 Å². The fourth-order valence-corrected chi connectivity index (χ4v) is 3.66. The van der Waals surface area contributed by atoms with Crippen molar-refractivity contribution in [1.29, 1.82) is 0 Å². The number of ether oxygens (including phenoxy) is 1. The molecule has 20 heavy (non-hydrogen) atoms. The van der Waals surface area contributed by atoms with Crippen molar-refractivity contribution in [3.63, 3.8) is 0 Å². The number of aromatic nitrogens is 1. The van der Waals surface area contributed by atoms with E-state index in [1.165, 1.54) is 6.07 Å². The topological polar surface area (TPSA) is 63.8 Å². The molecule has 6 heteroatoms. The second kappa shape index (κ2) is 5.91. The first-order valence-electron chi connectivity index (χ1n) is 5.92. The van der Waals surface area contributed by atoms with E-state index < -0.39 is 0 Å². The molecule has 0 aliphatic rings. The van der Waals surface area contributed by atoms with E-state index in [9.17, 15) is 9.90 Å². The van der Waals surface area contributed by atoms with E-state index in [0.29, 0.717) is 16.7 Å². The van der Waals surface area contributed by atoms with Crippen LogP contribution in [0.3, 0.4) is 0 Å². The number of phenols is 1. The predicted molar refractivity (Wildman–Crippen MR) is 75.2 cm³/mol. The van der Waals surface area contributed by atoms with Crippen molar-refractivity contribution in [3.05, 3.63) is 39.7 Å². The number of benzene rings is 1. The molecule has 1 aromatic heterocycles. The third kappa shape index (κ3) is 2.74. The van der Waals surface area contributed by atoms with E-state index in [1.54, 1.807) is 26.0 Å². The molecule has 2 aromatic rings. The molecule has 102 valence electrons. The number of carbonyl (C=O) groups is 1. The van der Waals surface area contributed by atoms with Crippen LogP contribution in [0, 0.1) is 13.5 Å². The second-order valence-electron chi connectivity index (χ2n) is 3.97. The van der Waals surface area contributed by atoms with E-state index in [1.807, 2.05) is 0 Å². The average Bonchev–Trinajstić information content (AvgIpc) is 2.82. The van der Waals surface area contributed by atoms with Gasteiger partial charge in [0.15, 0.2) is 0 Å². The van der Waals surface area contributed by atoms with E-state index in [-0.39, 0.29) is 31.9 Å². The summed E-state index contributed by atoms with van der Waals surface area (Å²) in [5.41, 5.74) is 1.60. The molecule has 0 unspecified atom stereocenters. The number of aromatic hydroxyl groups is 1. The molecule has 0 spiro atoms. The molecule has 0 bridgehead atoms. The Kier molecular flexibility index (Phi) is 4.23. The molecule has 0 saturated heterocycles. The van der Waals surface area contributed by atoms with Crippen LogP contribution in [0.5, 0.6) is 5.75 Å². The average molecular weight is 335 g/mol. The van der Waals surface area contributed by atoms with Crippen molar-refractivity contribution in [3.8, 4) is 15.9 Å². The number of rotatable bonds is 3. The van der Waals surface area contributed by atoms with Gasteiger partial charge in [0.25, 0.3) is 0 Å². The van der Waals surface area contributed by atoms with Crippen LogP contribution < -0.4 is 0 Å². The molecular formula is C14H12N2O3Se. The summed E-state index contributed by atoms with van der Waals surface area (Å²) in [6, 6.07) is 4.76. The minimum atomic E-state index is -0.326. The monoisotopic (exact) mass is 336 g/mol. The Balaban J connectivity index is 2.42. The number of aryl methyl sites for hydroxylation is 1. The van der Waals surface area contributed by atoms with Gasteiger partial charge in [-0.15, -0.1) is 0 Å². The predicted octanol–water partition coefficient (Wildman–Crippen LogP) is 2.55. The Hall–Kier alpha value is -2.09. The summed E-state index contributed by atoms with van der Waals surface area (Å²) in [4.78, 5) is 19.4. The maximum atomic E-state index is 11.8. The summed E-state index contributed by atoms with van der Waals surface area (Å²) in [5.74, 6) is -0.377. The Labute approximate surface area is 122 Å². The van der Waals surface area contributed by atoms with Gasteiger partial charge in [-0.25, -0.2) is 0 Å². The van der Waals surface area contributed by atoms with Gasteiger partial charge >= 0.3 is 122 Å². The van der Waals surface area contributed by atoms with Crippen LogP contribution in [0.25, 0.3) is 15.0 Å². The van der Waals surface area contributed by atoms with Crippen LogP contribution in [0.4, 0.5) is 5.69 Å². The maximum absolute atomic E-state index is 11.8. The van der Waals surface area contributed by atoms with E-state index in [4.69, 9.17) is 11.3 Å². The molecule has 0 saturated carbocycles. The Morgan fingerprint density at radius 2 is 2.30 bits per heavy atom. The third-order valence-electron chi connectivity index (χ3n) is 2.60. The Bertz CT molecular complexity index is 701. The van der Waals surface area contributed by atoms with E-state index in [2.05, 4.69) is 9.83 Å². The quantitative estimate of drug-likeness (QED) is 0.532. The number of hydrogen-bond donors (Lipinski definition) is 1. The Morgan fingerprint density at radius 1 is 1.55 bits per heavy atom. The number of phenolic OH excluding ortho intramolecular Hbond substituents is 1. The zero-order chi connectivity index (χ0) is 14.7. The van der Waals surface area contributed by atoms with E-state index in [0.717, 1.165) is 10.1 Å². The van der Waals surface area contributed by atoms with Crippen LogP contribution in [-0.4, -0.2) is 37.2 Å². The standard InChI is InChI=1S/C14H12N2O3Se/c1-4-19-14(18)12-8(2)16-13(20-12)9-5-6-11(17)10(7-9)15-3/h5-7,17H,4H2,1-2H3. The van der Waals surface area contributed by atoms with Crippen LogP contribution in [0.2, 0.25) is 0 Å². The molecule has 0 aliphatic heterocycles.